The Labute approximate surface area is 176 Å². The molecule has 10 heteroatoms. The summed E-state index contributed by atoms with van der Waals surface area (Å²) < 4.78 is 63.7. The molecule has 0 bridgehead atoms. The Hall–Kier alpha value is -3.40. The van der Waals surface area contributed by atoms with Crippen molar-refractivity contribution in [2.24, 2.45) is 0 Å². The average molecular weight is 450 g/mol. The van der Waals surface area contributed by atoms with Gasteiger partial charge in [0.05, 0.1) is 4.90 Å². The minimum absolute atomic E-state index is 0.0657. The normalized spacial score (nSPS) is 11.9. The zero-order valence-electron chi connectivity index (χ0n) is 16.2. The van der Waals surface area contributed by atoms with E-state index in [0.717, 1.165) is 3.97 Å². The third kappa shape index (κ3) is 4.69. The van der Waals surface area contributed by atoms with E-state index in [9.17, 15) is 31.2 Å². The van der Waals surface area contributed by atoms with Gasteiger partial charge in [-0.15, -0.1) is 0 Å². The molecule has 0 fully saturated rings. The van der Waals surface area contributed by atoms with E-state index < -0.39 is 27.9 Å². The van der Waals surface area contributed by atoms with Crippen LogP contribution in [0.1, 0.15) is 27.2 Å². The van der Waals surface area contributed by atoms with Crippen molar-refractivity contribution in [1.29, 1.82) is 0 Å². The first-order valence-corrected chi connectivity index (χ1v) is 10.4. The number of benzene rings is 2. The van der Waals surface area contributed by atoms with Gasteiger partial charge in [0.2, 0.25) is 5.78 Å². The number of aryl methyl sites for hydroxylation is 1. The molecular formula is C21H17F3N2O4S. The molecular weight excluding hydrogens is 433 g/mol. The molecule has 1 heterocycles. The molecule has 0 saturated carbocycles. The molecule has 162 valence electrons. The topological polar surface area (TPSA) is 85.2 Å². The standard InChI is InChI=1S/C21H17F3N2O4S/c1-14-5-2-3-7-18(14)31(29,30)26-12-4-6-17(26)19(27)16-10-8-15(9-11-16)13-25-20(28)21(22,23)24/h2-12H,13H2,1H3,(H,25,28). The molecule has 6 nitrogen and oxygen atoms in total. The zero-order valence-corrected chi connectivity index (χ0v) is 17.0. The van der Waals surface area contributed by atoms with Crippen molar-refractivity contribution >= 4 is 21.7 Å². The van der Waals surface area contributed by atoms with E-state index >= 15 is 0 Å². The van der Waals surface area contributed by atoms with Gasteiger partial charge in [-0.2, -0.15) is 13.2 Å². The van der Waals surface area contributed by atoms with Gasteiger partial charge in [-0.05, 0) is 36.2 Å². The molecule has 0 unspecified atom stereocenters. The number of hydrogen-bond donors (Lipinski definition) is 1. The van der Waals surface area contributed by atoms with Crippen molar-refractivity contribution in [2.75, 3.05) is 0 Å². The van der Waals surface area contributed by atoms with E-state index in [2.05, 4.69) is 0 Å². The SMILES string of the molecule is Cc1ccccc1S(=O)(=O)n1cccc1C(=O)c1ccc(CNC(=O)C(F)(F)F)cc1. The quantitative estimate of drug-likeness (QED) is 0.583. The summed E-state index contributed by atoms with van der Waals surface area (Å²) >= 11 is 0. The Balaban J connectivity index is 1.83. The van der Waals surface area contributed by atoms with Crippen LogP contribution >= 0.6 is 0 Å². The molecule has 2 aromatic carbocycles. The third-order valence-corrected chi connectivity index (χ3v) is 6.35. The lowest BCUT2D eigenvalue weighted by molar-refractivity contribution is -0.173. The fourth-order valence-corrected chi connectivity index (χ4v) is 4.48. The molecule has 0 saturated heterocycles. The van der Waals surface area contributed by atoms with E-state index in [1.807, 2.05) is 0 Å². The van der Waals surface area contributed by atoms with Crippen LogP contribution in [-0.4, -0.2) is 30.3 Å². The van der Waals surface area contributed by atoms with Gasteiger partial charge in [-0.3, -0.25) is 9.59 Å². The van der Waals surface area contributed by atoms with Crippen molar-refractivity contribution in [2.45, 2.75) is 24.5 Å². The first-order valence-electron chi connectivity index (χ1n) is 8.99. The highest BCUT2D eigenvalue weighted by atomic mass is 32.2. The monoisotopic (exact) mass is 450 g/mol. The summed E-state index contributed by atoms with van der Waals surface area (Å²) in [5, 5.41) is 1.74. The molecule has 3 rings (SSSR count). The summed E-state index contributed by atoms with van der Waals surface area (Å²) in [6.07, 6.45) is -3.71. The largest absolute Gasteiger partial charge is 0.471 e. The van der Waals surface area contributed by atoms with E-state index in [1.165, 1.54) is 48.7 Å². The number of amides is 1. The fourth-order valence-electron chi connectivity index (χ4n) is 2.91. The van der Waals surface area contributed by atoms with Gasteiger partial charge < -0.3 is 5.32 Å². The lowest BCUT2D eigenvalue weighted by atomic mass is 10.1. The van der Waals surface area contributed by atoms with Crippen LogP contribution in [0.2, 0.25) is 0 Å². The van der Waals surface area contributed by atoms with E-state index in [4.69, 9.17) is 0 Å². The van der Waals surface area contributed by atoms with Gasteiger partial charge in [0.25, 0.3) is 10.0 Å². The van der Waals surface area contributed by atoms with Crippen LogP contribution in [0.25, 0.3) is 0 Å². The Morgan fingerprint density at radius 3 is 2.23 bits per heavy atom. The van der Waals surface area contributed by atoms with Crippen molar-refractivity contribution in [3.05, 3.63) is 89.2 Å². The molecule has 1 N–H and O–H groups in total. The number of carbonyl (C=O) groups is 2. The lowest BCUT2D eigenvalue weighted by Gasteiger charge is -2.12. The van der Waals surface area contributed by atoms with E-state index in [0.29, 0.717) is 11.1 Å². The number of ketones is 1. The smallest absolute Gasteiger partial charge is 0.344 e. The molecule has 0 aliphatic heterocycles. The number of rotatable bonds is 6. The number of halogens is 3. The number of aromatic nitrogens is 1. The first-order chi connectivity index (χ1) is 14.5. The summed E-state index contributed by atoms with van der Waals surface area (Å²) in [6, 6.07) is 14.7. The van der Waals surface area contributed by atoms with Gasteiger partial charge in [0.15, 0.2) is 0 Å². The summed E-state index contributed by atoms with van der Waals surface area (Å²) in [5.41, 5.74) is 0.934. The maximum absolute atomic E-state index is 13.0. The van der Waals surface area contributed by atoms with Crippen LogP contribution in [0.3, 0.4) is 0 Å². The van der Waals surface area contributed by atoms with Crippen molar-refractivity contribution in [1.82, 2.24) is 9.29 Å². The van der Waals surface area contributed by atoms with Gasteiger partial charge >= 0.3 is 12.1 Å². The van der Waals surface area contributed by atoms with Crippen LogP contribution in [-0.2, 0) is 21.4 Å². The highest BCUT2D eigenvalue weighted by Gasteiger charge is 2.38. The number of carbonyl (C=O) groups excluding carboxylic acids is 2. The molecule has 0 aliphatic carbocycles. The highest BCUT2D eigenvalue weighted by Crippen LogP contribution is 2.22. The Morgan fingerprint density at radius 1 is 0.968 bits per heavy atom. The maximum atomic E-state index is 13.0. The molecule has 0 spiro atoms. The van der Waals surface area contributed by atoms with Gasteiger partial charge in [0.1, 0.15) is 5.69 Å². The van der Waals surface area contributed by atoms with Crippen LogP contribution in [0.15, 0.2) is 71.8 Å². The van der Waals surface area contributed by atoms with Gasteiger partial charge in [-0.1, -0.05) is 42.5 Å². The van der Waals surface area contributed by atoms with Crippen molar-refractivity contribution in [3.8, 4) is 0 Å². The zero-order chi connectivity index (χ0) is 22.8. The predicted octanol–water partition coefficient (Wildman–Crippen LogP) is 3.44. The third-order valence-electron chi connectivity index (χ3n) is 4.50. The van der Waals surface area contributed by atoms with Crippen LogP contribution in [0.4, 0.5) is 13.2 Å². The maximum Gasteiger partial charge on any atom is 0.471 e. The van der Waals surface area contributed by atoms with Crippen molar-refractivity contribution in [3.63, 3.8) is 0 Å². The summed E-state index contributed by atoms with van der Waals surface area (Å²) in [5.74, 6) is -2.64. The second-order valence-electron chi connectivity index (χ2n) is 6.67. The first kappa shape index (κ1) is 22.3. The summed E-state index contributed by atoms with van der Waals surface area (Å²) in [4.78, 5) is 23.9. The average Bonchev–Trinajstić information content (AvgIpc) is 3.22. The molecule has 0 radical (unpaired) electrons. The Kier molecular flexibility index (Phi) is 6.03. The summed E-state index contributed by atoms with van der Waals surface area (Å²) in [7, 11) is -4.01. The molecule has 0 atom stereocenters. The molecule has 1 amide bonds. The number of alkyl halides is 3. The Morgan fingerprint density at radius 2 is 1.61 bits per heavy atom. The molecule has 0 aliphatic rings. The van der Waals surface area contributed by atoms with Crippen LogP contribution < -0.4 is 5.32 Å². The van der Waals surface area contributed by atoms with Crippen molar-refractivity contribution < 1.29 is 31.2 Å². The molecule has 3 aromatic rings. The van der Waals surface area contributed by atoms with Crippen LogP contribution in [0, 0.1) is 6.92 Å². The second kappa shape index (κ2) is 8.38. The second-order valence-corrected chi connectivity index (χ2v) is 8.45. The number of nitrogens with one attached hydrogen (secondary N) is 1. The van der Waals surface area contributed by atoms with Crippen LogP contribution in [0.5, 0.6) is 0 Å². The minimum atomic E-state index is -4.98. The van der Waals surface area contributed by atoms with E-state index in [-0.39, 0.29) is 22.7 Å². The van der Waals surface area contributed by atoms with Gasteiger partial charge in [0, 0.05) is 18.3 Å². The summed E-state index contributed by atoms with van der Waals surface area (Å²) in [6.45, 7) is 1.28. The Bertz CT molecular complexity index is 1230. The highest BCUT2D eigenvalue weighted by molar-refractivity contribution is 7.90. The number of nitrogens with zero attached hydrogens (tertiary/aromatic N) is 1. The number of hydrogen-bond acceptors (Lipinski definition) is 4. The molecule has 1 aromatic heterocycles. The minimum Gasteiger partial charge on any atom is -0.344 e. The fraction of sp³-hybridized carbons (Fsp3) is 0.143. The lowest BCUT2D eigenvalue weighted by Crippen LogP contribution is -2.36. The molecule has 31 heavy (non-hydrogen) atoms. The van der Waals surface area contributed by atoms with Gasteiger partial charge in [-0.25, -0.2) is 12.4 Å². The predicted molar refractivity (Wildman–Crippen MR) is 106 cm³/mol. The van der Waals surface area contributed by atoms with E-state index in [1.54, 1.807) is 30.4 Å².